The van der Waals surface area contributed by atoms with Crippen LogP contribution in [0.2, 0.25) is 0 Å². The van der Waals surface area contributed by atoms with E-state index >= 15 is 0 Å². The normalized spacial score (nSPS) is 23.4. The number of aromatic carboxylic acids is 1. The molecule has 0 spiro atoms. The highest BCUT2D eigenvalue weighted by atomic mass is 32.1. The summed E-state index contributed by atoms with van der Waals surface area (Å²) in [6.07, 6.45) is 6.35. The number of rotatable bonds is 6. The second-order valence-corrected chi connectivity index (χ2v) is 13.0. The Balaban J connectivity index is 1.60. The first-order valence-corrected chi connectivity index (χ1v) is 14.7. The Bertz CT molecular complexity index is 1310. The van der Waals surface area contributed by atoms with Gasteiger partial charge in [0.05, 0.1) is 10.6 Å². The SMILES string of the molecule is CC1CCC(C(=O)N(c2cc(C#CC(C)(C)C)sc2C(=O)O)C2CCC(Oc3ccc(=O)n(C)n3)CC2)CC1. The van der Waals surface area contributed by atoms with Crippen molar-refractivity contribution in [1.29, 1.82) is 0 Å². The van der Waals surface area contributed by atoms with Crippen LogP contribution in [0.25, 0.3) is 0 Å². The minimum atomic E-state index is -1.04. The average molecular weight is 554 g/mol. The monoisotopic (exact) mass is 553 g/mol. The van der Waals surface area contributed by atoms with Crippen molar-refractivity contribution in [3.8, 4) is 17.7 Å². The zero-order valence-corrected chi connectivity index (χ0v) is 24.3. The van der Waals surface area contributed by atoms with E-state index in [2.05, 4.69) is 23.9 Å². The highest BCUT2D eigenvalue weighted by molar-refractivity contribution is 7.15. The van der Waals surface area contributed by atoms with Crippen molar-refractivity contribution in [2.75, 3.05) is 4.90 Å². The van der Waals surface area contributed by atoms with E-state index in [1.165, 1.54) is 10.7 Å². The number of ether oxygens (including phenoxy) is 1. The first-order chi connectivity index (χ1) is 18.4. The lowest BCUT2D eigenvalue weighted by Crippen LogP contribution is -2.47. The van der Waals surface area contributed by atoms with Crippen LogP contribution < -0.4 is 15.2 Å². The van der Waals surface area contributed by atoms with Gasteiger partial charge in [0.15, 0.2) is 0 Å². The largest absolute Gasteiger partial charge is 0.477 e. The number of hydrogen-bond acceptors (Lipinski definition) is 6. The topological polar surface area (TPSA) is 102 Å². The van der Waals surface area contributed by atoms with E-state index in [0.29, 0.717) is 48.0 Å². The third-order valence-corrected chi connectivity index (χ3v) is 8.59. The average Bonchev–Trinajstić information content (AvgIpc) is 3.30. The molecule has 0 bridgehead atoms. The molecule has 0 radical (unpaired) electrons. The lowest BCUT2D eigenvalue weighted by Gasteiger charge is -2.39. The molecule has 8 nitrogen and oxygen atoms in total. The summed E-state index contributed by atoms with van der Waals surface area (Å²) in [4.78, 5) is 40.7. The molecule has 0 saturated heterocycles. The van der Waals surface area contributed by atoms with Gasteiger partial charge in [0.25, 0.3) is 5.56 Å². The number of carboxylic acid groups (broad SMARTS) is 1. The first-order valence-electron chi connectivity index (χ1n) is 13.9. The van der Waals surface area contributed by atoms with Crippen molar-refractivity contribution in [1.82, 2.24) is 9.78 Å². The van der Waals surface area contributed by atoms with Crippen molar-refractivity contribution in [2.24, 2.45) is 24.3 Å². The summed E-state index contributed by atoms with van der Waals surface area (Å²) in [7, 11) is 1.59. The number of aryl methyl sites for hydroxylation is 1. The van der Waals surface area contributed by atoms with Crippen LogP contribution in [-0.4, -0.2) is 38.9 Å². The number of aromatic nitrogens is 2. The number of amides is 1. The Hall–Kier alpha value is -3.12. The number of thiophene rings is 1. The number of carbonyl (C=O) groups is 2. The van der Waals surface area contributed by atoms with E-state index in [-0.39, 0.29) is 39.8 Å². The van der Waals surface area contributed by atoms with E-state index in [9.17, 15) is 19.5 Å². The number of anilines is 1. The number of carboxylic acids is 1. The summed E-state index contributed by atoms with van der Waals surface area (Å²) >= 11 is 1.14. The third kappa shape index (κ3) is 7.30. The van der Waals surface area contributed by atoms with Crippen LogP contribution in [0.3, 0.4) is 0 Å². The second-order valence-electron chi connectivity index (χ2n) is 12.0. The Labute approximate surface area is 234 Å². The van der Waals surface area contributed by atoms with Crippen LogP contribution in [0, 0.1) is 29.1 Å². The molecule has 2 heterocycles. The van der Waals surface area contributed by atoms with E-state index in [1.54, 1.807) is 24.1 Å². The third-order valence-electron chi connectivity index (χ3n) is 7.56. The molecule has 0 aromatic carbocycles. The predicted molar refractivity (Wildman–Crippen MR) is 152 cm³/mol. The molecule has 9 heteroatoms. The van der Waals surface area contributed by atoms with Gasteiger partial charge in [0.2, 0.25) is 11.8 Å². The minimum Gasteiger partial charge on any atom is -0.477 e. The van der Waals surface area contributed by atoms with Crippen LogP contribution in [0.1, 0.15) is 93.6 Å². The summed E-state index contributed by atoms with van der Waals surface area (Å²) in [5, 5.41) is 14.3. The van der Waals surface area contributed by atoms with Crippen molar-refractivity contribution in [2.45, 2.75) is 91.2 Å². The van der Waals surface area contributed by atoms with Gasteiger partial charge in [0, 0.05) is 36.6 Å². The summed E-state index contributed by atoms with van der Waals surface area (Å²) < 4.78 is 7.31. The van der Waals surface area contributed by atoms with E-state index < -0.39 is 5.97 Å². The van der Waals surface area contributed by atoms with Gasteiger partial charge in [-0.25, -0.2) is 9.48 Å². The summed E-state index contributed by atoms with van der Waals surface area (Å²) in [5.74, 6) is 6.23. The number of carbonyl (C=O) groups excluding carboxylic acids is 1. The fraction of sp³-hybridized carbons (Fsp3) is 0.600. The quantitative estimate of drug-likeness (QED) is 0.475. The molecular formula is C30H39N3O5S. The van der Waals surface area contributed by atoms with Crippen molar-refractivity contribution >= 4 is 28.9 Å². The molecule has 39 heavy (non-hydrogen) atoms. The van der Waals surface area contributed by atoms with Crippen molar-refractivity contribution < 1.29 is 19.4 Å². The fourth-order valence-corrected chi connectivity index (χ4v) is 6.20. The van der Waals surface area contributed by atoms with Crippen LogP contribution in [0.5, 0.6) is 5.88 Å². The molecule has 210 valence electrons. The van der Waals surface area contributed by atoms with Crippen LogP contribution in [0.4, 0.5) is 5.69 Å². The molecule has 2 aliphatic rings. The Kier molecular flexibility index (Phi) is 8.85. The van der Waals surface area contributed by atoms with Crippen LogP contribution in [-0.2, 0) is 11.8 Å². The highest BCUT2D eigenvalue weighted by Crippen LogP contribution is 2.39. The van der Waals surface area contributed by atoms with E-state index in [1.807, 2.05) is 20.8 Å². The fourth-order valence-electron chi connectivity index (χ4n) is 5.36. The van der Waals surface area contributed by atoms with E-state index in [4.69, 9.17) is 4.74 Å². The maximum Gasteiger partial charge on any atom is 0.348 e. The molecule has 2 aromatic heterocycles. The molecule has 0 aliphatic heterocycles. The van der Waals surface area contributed by atoms with Gasteiger partial charge in [-0.15, -0.1) is 16.4 Å². The van der Waals surface area contributed by atoms with Gasteiger partial charge in [-0.1, -0.05) is 18.8 Å². The van der Waals surface area contributed by atoms with Gasteiger partial charge in [-0.05, 0) is 84.1 Å². The van der Waals surface area contributed by atoms with Crippen molar-refractivity contribution in [3.05, 3.63) is 38.3 Å². The van der Waals surface area contributed by atoms with Gasteiger partial charge in [-0.3, -0.25) is 9.59 Å². The number of hydrogen-bond donors (Lipinski definition) is 1. The highest BCUT2D eigenvalue weighted by Gasteiger charge is 2.38. The molecule has 2 aromatic rings. The lowest BCUT2D eigenvalue weighted by molar-refractivity contribution is -0.124. The second kappa shape index (κ2) is 12.0. The summed E-state index contributed by atoms with van der Waals surface area (Å²) in [5.41, 5.74) is 0.0486. The standard InChI is InChI=1S/C30H39N3O5S/c1-19-6-8-20(9-7-19)28(35)33(24-18-23(16-17-30(2,3)4)39-27(24)29(36)37)21-10-12-22(13-11-21)38-25-14-15-26(34)32(5)31-25/h14-15,18-22H,6-13H2,1-5H3,(H,36,37). The van der Waals surface area contributed by atoms with E-state index in [0.717, 1.165) is 37.0 Å². The maximum atomic E-state index is 14.1. The smallest absolute Gasteiger partial charge is 0.348 e. The molecule has 2 aliphatic carbocycles. The maximum absolute atomic E-state index is 14.1. The van der Waals surface area contributed by atoms with Gasteiger partial charge < -0.3 is 14.7 Å². The summed E-state index contributed by atoms with van der Waals surface area (Å²) in [6.45, 7) is 8.26. The molecule has 2 saturated carbocycles. The zero-order chi connectivity index (χ0) is 28.3. The molecule has 2 fully saturated rings. The molecular weight excluding hydrogens is 514 g/mol. The Morgan fingerprint density at radius 1 is 1.10 bits per heavy atom. The van der Waals surface area contributed by atoms with Crippen LogP contribution >= 0.6 is 11.3 Å². The van der Waals surface area contributed by atoms with Gasteiger partial charge >= 0.3 is 5.97 Å². The molecule has 1 amide bonds. The molecule has 0 atom stereocenters. The predicted octanol–water partition coefficient (Wildman–Crippen LogP) is 5.49. The number of nitrogens with zero attached hydrogens (tertiary/aromatic N) is 3. The minimum absolute atomic E-state index is 0.0293. The Morgan fingerprint density at radius 2 is 1.77 bits per heavy atom. The Morgan fingerprint density at radius 3 is 2.36 bits per heavy atom. The van der Waals surface area contributed by atoms with Crippen molar-refractivity contribution in [3.63, 3.8) is 0 Å². The van der Waals surface area contributed by atoms with Crippen LogP contribution in [0.15, 0.2) is 23.0 Å². The molecule has 1 N–H and O–H groups in total. The van der Waals surface area contributed by atoms with Gasteiger partial charge in [-0.2, -0.15) is 0 Å². The molecule has 4 rings (SSSR count). The first kappa shape index (κ1) is 28.9. The van der Waals surface area contributed by atoms with Gasteiger partial charge in [0.1, 0.15) is 11.0 Å². The zero-order valence-electron chi connectivity index (χ0n) is 23.5. The molecule has 0 unspecified atom stereocenters. The lowest BCUT2D eigenvalue weighted by atomic mass is 9.81. The summed E-state index contributed by atoms with van der Waals surface area (Å²) in [6, 6.07) is 4.69.